The number of hydrogen-bond donors (Lipinski definition) is 0. The highest BCUT2D eigenvalue weighted by Gasteiger charge is 2.49. The lowest BCUT2D eigenvalue weighted by atomic mass is 9.94. The highest BCUT2D eigenvalue weighted by molar-refractivity contribution is 5.92. The monoisotopic (exact) mass is 444 g/mol. The Kier molecular flexibility index (Phi) is 13.8. The Balaban J connectivity index is 5.63. The van der Waals surface area contributed by atoms with Gasteiger partial charge in [-0.2, -0.15) is 0 Å². The second kappa shape index (κ2) is 14.8. The standard InChI is InChI=1S/C23H40O8/c1-8-16(4)13-28-20(25)11-23(31-19(7)24,22(27)30-15-18(6)10-3)12-21(26)29-14-17(5)9-2/h16-18H,8-15H2,1-7H3. The van der Waals surface area contributed by atoms with Gasteiger partial charge in [0.25, 0.3) is 0 Å². The Hall–Kier alpha value is -2.12. The van der Waals surface area contributed by atoms with Gasteiger partial charge in [0.2, 0.25) is 5.60 Å². The average molecular weight is 445 g/mol. The molecule has 0 amide bonds. The van der Waals surface area contributed by atoms with Crippen molar-refractivity contribution in [3.05, 3.63) is 0 Å². The van der Waals surface area contributed by atoms with Crippen molar-refractivity contribution in [1.82, 2.24) is 0 Å². The van der Waals surface area contributed by atoms with Crippen molar-refractivity contribution >= 4 is 23.9 Å². The minimum atomic E-state index is -2.13. The summed E-state index contributed by atoms with van der Waals surface area (Å²) in [5.74, 6) is -2.95. The van der Waals surface area contributed by atoms with Crippen LogP contribution in [0, 0.1) is 17.8 Å². The number of rotatable bonds is 15. The molecule has 0 heterocycles. The molecule has 0 aliphatic carbocycles. The van der Waals surface area contributed by atoms with Crippen LogP contribution in [-0.2, 0) is 38.1 Å². The summed E-state index contributed by atoms with van der Waals surface area (Å²) in [6, 6.07) is 0. The van der Waals surface area contributed by atoms with Gasteiger partial charge in [-0.25, -0.2) is 4.79 Å². The van der Waals surface area contributed by atoms with E-state index >= 15 is 0 Å². The van der Waals surface area contributed by atoms with Crippen molar-refractivity contribution < 1.29 is 38.1 Å². The van der Waals surface area contributed by atoms with Gasteiger partial charge in [0.05, 0.1) is 32.7 Å². The first-order chi connectivity index (χ1) is 14.5. The van der Waals surface area contributed by atoms with Crippen LogP contribution in [-0.4, -0.2) is 49.3 Å². The summed E-state index contributed by atoms with van der Waals surface area (Å²) < 4.78 is 21.1. The van der Waals surface area contributed by atoms with Gasteiger partial charge in [0.15, 0.2) is 0 Å². The molecule has 0 aliphatic rings. The highest BCUT2D eigenvalue weighted by atomic mass is 16.6. The Morgan fingerprint density at radius 2 is 1.03 bits per heavy atom. The molecule has 8 heteroatoms. The number of carbonyl (C=O) groups excluding carboxylic acids is 4. The van der Waals surface area contributed by atoms with Gasteiger partial charge in [-0.1, -0.05) is 60.8 Å². The van der Waals surface area contributed by atoms with Crippen LogP contribution in [0.3, 0.4) is 0 Å². The summed E-state index contributed by atoms with van der Waals surface area (Å²) in [6.45, 7) is 13.1. The first-order valence-electron chi connectivity index (χ1n) is 11.2. The molecule has 0 aliphatic heterocycles. The van der Waals surface area contributed by atoms with Crippen LogP contribution in [0.4, 0.5) is 0 Å². The zero-order valence-corrected chi connectivity index (χ0v) is 20.2. The van der Waals surface area contributed by atoms with Crippen LogP contribution in [0.1, 0.15) is 80.6 Å². The normalized spacial score (nSPS) is 15.7. The topological polar surface area (TPSA) is 105 Å². The molecule has 3 atom stereocenters. The molecule has 0 N–H and O–H groups in total. The van der Waals surface area contributed by atoms with Gasteiger partial charge in [0, 0.05) is 6.92 Å². The van der Waals surface area contributed by atoms with Crippen LogP contribution < -0.4 is 0 Å². The van der Waals surface area contributed by atoms with E-state index in [2.05, 4.69) is 0 Å². The molecule has 0 saturated heterocycles. The van der Waals surface area contributed by atoms with E-state index in [9.17, 15) is 19.2 Å². The van der Waals surface area contributed by atoms with Crippen LogP contribution in [0.15, 0.2) is 0 Å². The number of esters is 4. The van der Waals surface area contributed by atoms with Crippen molar-refractivity contribution in [3.8, 4) is 0 Å². The van der Waals surface area contributed by atoms with Gasteiger partial charge < -0.3 is 18.9 Å². The molecule has 0 spiro atoms. The van der Waals surface area contributed by atoms with Gasteiger partial charge >= 0.3 is 23.9 Å². The summed E-state index contributed by atoms with van der Waals surface area (Å²) in [7, 11) is 0. The van der Waals surface area contributed by atoms with Crippen LogP contribution in [0.25, 0.3) is 0 Å². The van der Waals surface area contributed by atoms with Crippen LogP contribution in [0.2, 0.25) is 0 Å². The van der Waals surface area contributed by atoms with E-state index in [0.717, 1.165) is 26.2 Å². The molecule has 0 saturated carbocycles. The highest BCUT2D eigenvalue weighted by Crippen LogP contribution is 2.26. The molecule has 180 valence electrons. The van der Waals surface area contributed by atoms with E-state index < -0.39 is 42.3 Å². The minimum absolute atomic E-state index is 0.0636. The summed E-state index contributed by atoms with van der Waals surface area (Å²) in [4.78, 5) is 49.7. The maximum Gasteiger partial charge on any atom is 0.351 e. The summed E-state index contributed by atoms with van der Waals surface area (Å²) in [6.07, 6.45) is 1.13. The van der Waals surface area contributed by atoms with Crippen molar-refractivity contribution in [2.24, 2.45) is 17.8 Å². The average Bonchev–Trinajstić information content (AvgIpc) is 2.72. The Morgan fingerprint density at radius 1 is 0.677 bits per heavy atom. The first-order valence-corrected chi connectivity index (χ1v) is 11.2. The fourth-order valence-corrected chi connectivity index (χ4v) is 2.34. The minimum Gasteiger partial charge on any atom is -0.465 e. The molecule has 8 nitrogen and oxygen atoms in total. The fraction of sp³-hybridized carbons (Fsp3) is 0.826. The van der Waals surface area contributed by atoms with E-state index in [-0.39, 0.29) is 37.6 Å². The maximum absolute atomic E-state index is 13.0. The molecule has 3 unspecified atom stereocenters. The van der Waals surface area contributed by atoms with Crippen LogP contribution in [0.5, 0.6) is 0 Å². The lowest BCUT2D eigenvalue weighted by molar-refractivity contribution is -0.191. The lowest BCUT2D eigenvalue weighted by Gasteiger charge is -2.30. The molecular formula is C23H40O8. The second-order valence-electron chi connectivity index (χ2n) is 8.45. The zero-order valence-electron chi connectivity index (χ0n) is 20.2. The Labute approximate surface area is 186 Å². The van der Waals surface area contributed by atoms with E-state index in [0.29, 0.717) is 0 Å². The third kappa shape index (κ3) is 11.7. The van der Waals surface area contributed by atoms with Gasteiger partial charge in [-0.15, -0.1) is 0 Å². The number of ether oxygens (including phenoxy) is 4. The van der Waals surface area contributed by atoms with E-state index in [1.807, 2.05) is 41.5 Å². The number of hydrogen-bond acceptors (Lipinski definition) is 8. The van der Waals surface area contributed by atoms with Gasteiger partial charge in [-0.05, 0) is 17.8 Å². The quantitative estimate of drug-likeness (QED) is 0.277. The molecule has 0 bridgehead atoms. The second-order valence-corrected chi connectivity index (χ2v) is 8.45. The Bertz CT molecular complexity index is 558. The van der Waals surface area contributed by atoms with Gasteiger partial charge in [0.1, 0.15) is 0 Å². The molecule has 0 rings (SSSR count). The molecular weight excluding hydrogens is 404 g/mol. The van der Waals surface area contributed by atoms with Crippen molar-refractivity contribution in [1.29, 1.82) is 0 Å². The largest absolute Gasteiger partial charge is 0.465 e. The summed E-state index contributed by atoms with van der Waals surface area (Å²) in [5, 5.41) is 0. The molecule has 0 aromatic carbocycles. The third-order valence-corrected chi connectivity index (χ3v) is 5.22. The predicted octanol–water partition coefficient (Wildman–Crippen LogP) is 3.84. The van der Waals surface area contributed by atoms with E-state index in [1.165, 1.54) is 0 Å². The molecule has 0 radical (unpaired) electrons. The van der Waals surface area contributed by atoms with Crippen molar-refractivity contribution in [2.45, 2.75) is 86.2 Å². The molecule has 31 heavy (non-hydrogen) atoms. The summed E-state index contributed by atoms with van der Waals surface area (Å²) in [5.41, 5.74) is -2.13. The first kappa shape index (κ1) is 28.9. The summed E-state index contributed by atoms with van der Waals surface area (Å²) >= 11 is 0. The molecule has 0 aromatic heterocycles. The molecule has 0 fully saturated rings. The van der Waals surface area contributed by atoms with Crippen LogP contribution >= 0.6 is 0 Å². The Morgan fingerprint density at radius 3 is 1.35 bits per heavy atom. The maximum atomic E-state index is 13.0. The predicted molar refractivity (Wildman–Crippen MR) is 115 cm³/mol. The lowest BCUT2D eigenvalue weighted by Crippen LogP contribution is -2.48. The van der Waals surface area contributed by atoms with Gasteiger partial charge in [-0.3, -0.25) is 14.4 Å². The fourth-order valence-electron chi connectivity index (χ4n) is 2.34. The third-order valence-electron chi connectivity index (χ3n) is 5.22. The van der Waals surface area contributed by atoms with E-state index in [1.54, 1.807) is 0 Å². The zero-order chi connectivity index (χ0) is 24.0. The smallest absolute Gasteiger partial charge is 0.351 e. The molecule has 0 aromatic rings. The van der Waals surface area contributed by atoms with E-state index in [4.69, 9.17) is 18.9 Å². The van der Waals surface area contributed by atoms with Crippen molar-refractivity contribution in [2.75, 3.05) is 19.8 Å². The SMILES string of the molecule is CCC(C)COC(=O)CC(CC(=O)OCC(C)CC)(OC(C)=O)C(=O)OCC(C)CC. The van der Waals surface area contributed by atoms with Crippen molar-refractivity contribution in [3.63, 3.8) is 0 Å². The number of carbonyl (C=O) groups is 4.